The van der Waals surface area contributed by atoms with Gasteiger partial charge in [0.1, 0.15) is 11.8 Å². The number of nitriles is 2. The van der Waals surface area contributed by atoms with Gasteiger partial charge in [0.15, 0.2) is 0 Å². The van der Waals surface area contributed by atoms with Crippen LogP contribution in [0.4, 0.5) is 5.69 Å². The first-order valence-electron chi connectivity index (χ1n) is 6.07. The number of hydrogen-bond acceptors (Lipinski definition) is 4. The van der Waals surface area contributed by atoms with Crippen molar-refractivity contribution in [1.29, 1.82) is 10.5 Å². The lowest BCUT2D eigenvalue weighted by atomic mass is 10.1. The Labute approximate surface area is 117 Å². The standard InChI is InChI=1S/C16H13N3O/c1-20-15-4-2-3-14(9-15)19-16(11-18)13-7-5-12(10-17)6-8-13/h2-9,16,19H,1H3. The number of anilines is 1. The summed E-state index contributed by atoms with van der Waals surface area (Å²) in [5, 5.41) is 21.2. The molecule has 0 bridgehead atoms. The number of benzene rings is 2. The smallest absolute Gasteiger partial charge is 0.140 e. The summed E-state index contributed by atoms with van der Waals surface area (Å²) < 4.78 is 5.15. The van der Waals surface area contributed by atoms with Gasteiger partial charge in [-0.15, -0.1) is 0 Å². The second-order valence-electron chi connectivity index (χ2n) is 4.17. The van der Waals surface area contributed by atoms with Crippen molar-refractivity contribution in [2.75, 3.05) is 12.4 Å². The topological polar surface area (TPSA) is 68.8 Å². The molecule has 0 aliphatic heterocycles. The molecule has 98 valence electrons. The minimum atomic E-state index is -0.477. The van der Waals surface area contributed by atoms with E-state index in [9.17, 15) is 5.26 Å². The first-order chi connectivity index (χ1) is 9.76. The van der Waals surface area contributed by atoms with Crippen LogP contribution >= 0.6 is 0 Å². The Bertz CT molecular complexity index is 665. The SMILES string of the molecule is COc1cccc(NC(C#N)c2ccc(C#N)cc2)c1. The van der Waals surface area contributed by atoms with Crippen molar-refractivity contribution in [3.63, 3.8) is 0 Å². The summed E-state index contributed by atoms with van der Waals surface area (Å²) in [7, 11) is 1.60. The summed E-state index contributed by atoms with van der Waals surface area (Å²) >= 11 is 0. The van der Waals surface area contributed by atoms with Gasteiger partial charge in [-0.3, -0.25) is 0 Å². The number of nitrogens with one attached hydrogen (secondary N) is 1. The number of methoxy groups -OCH3 is 1. The first-order valence-corrected chi connectivity index (χ1v) is 6.07. The molecule has 0 radical (unpaired) electrons. The molecule has 0 heterocycles. The molecule has 2 aromatic rings. The highest BCUT2D eigenvalue weighted by atomic mass is 16.5. The van der Waals surface area contributed by atoms with Crippen molar-refractivity contribution >= 4 is 5.69 Å². The van der Waals surface area contributed by atoms with Gasteiger partial charge in [0, 0.05) is 11.8 Å². The highest BCUT2D eigenvalue weighted by Gasteiger charge is 2.10. The van der Waals surface area contributed by atoms with Gasteiger partial charge in [-0.2, -0.15) is 10.5 Å². The summed E-state index contributed by atoms with van der Waals surface area (Å²) in [6.07, 6.45) is 0. The molecule has 0 amide bonds. The molecule has 2 aromatic carbocycles. The zero-order valence-electron chi connectivity index (χ0n) is 11.0. The van der Waals surface area contributed by atoms with Gasteiger partial charge in [-0.05, 0) is 29.8 Å². The summed E-state index contributed by atoms with van der Waals surface area (Å²) in [6.45, 7) is 0. The molecule has 1 N–H and O–H groups in total. The third-order valence-electron chi connectivity index (χ3n) is 2.88. The molecule has 1 atom stereocenters. The van der Waals surface area contributed by atoms with E-state index in [-0.39, 0.29) is 0 Å². The van der Waals surface area contributed by atoms with E-state index in [1.54, 1.807) is 31.4 Å². The minimum absolute atomic E-state index is 0.477. The normalized spacial score (nSPS) is 10.9. The highest BCUT2D eigenvalue weighted by Crippen LogP contribution is 2.22. The van der Waals surface area contributed by atoms with Gasteiger partial charge in [0.05, 0.1) is 24.8 Å². The number of hydrogen-bond donors (Lipinski definition) is 1. The van der Waals surface area contributed by atoms with Gasteiger partial charge in [-0.25, -0.2) is 0 Å². The predicted molar refractivity (Wildman–Crippen MR) is 76.1 cm³/mol. The monoisotopic (exact) mass is 263 g/mol. The fraction of sp³-hybridized carbons (Fsp3) is 0.125. The highest BCUT2D eigenvalue weighted by molar-refractivity contribution is 5.51. The molecule has 1 unspecified atom stereocenters. The average molecular weight is 263 g/mol. The number of rotatable bonds is 4. The zero-order chi connectivity index (χ0) is 14.4. The maximum atomic E-state index is 9.29. The fourth-order valence-corrected chi connectivity index (χ4v) is 1.82. The third-order valence-corrected chi connectivity index (χ3v) is 2.88. The Morgan fingerprint density at radius 1 is 1.10 bits per heavy atom. The summed E-state index contributed by atoms with van der Waals surface area (Å²) in [6, 6.07) is 18.1. The van der Waals surface area contributed by atoms with Crippen LogP contribution in [0.3, 0.4) is 0 Å². The summed E-state index contributed by atoms with van der Waals surface area (Å²) in [4.78, 5) is 0. The average Bonchev–Trinajstić information content (AvgIpc) is 2.53. The van der Waals surface area contributed by atoms with E-state index in [1.807, 2.05) is 24.3 Å². The molecule has 0 saturated carbocycles. The minimum Gasteiger partial charge on any atom is -0.497 e. The molecule has 0 aromatic heterocycles. The van der Waals surface area contributed by atoms with Crippen LogP contribution in [0.2, 0.25) is 0 Å². The Morgan fingerprint density at radius 3 is 2.45 bits per heavy atom. The lowest BCUT2D eigenvalue weighted by Crippen LogP contribution is -2.08. The molecule has 0 spiro atoms. The molecule has 0 aliphatic rings. The van der Waals surface area contributed by atoms with E-state index in [1.165, 1.54) is 0 Å². The van der Waals surface area contributed by atoms with Crippen LogP contribution < -0.4 is 10.1 Å². The Morgan fingerprint density at radius 2 is 1.85 bits per heavy atom. The molecule has 20 heavy (non-hydrogen) atoms. The predicted octanol–water partition coefficient (Wildman–Crippen LogP) is 3.24. The summed E-state index contributed by atoms with van der Waals surface area (Å²) in [5.41, 5.74) is 2.20. The van der Waals surface area contributed by atoms with Gasteiger partial charge in [0.2, 0.25) is 0 Å². The second kappa shape index (κ2) is 6.26. The molecular formula is C16H13N3O. The van der Waals surface area contributed by atoms with Crippen molar-refractivity contribution < 1.29 is 4.74 Å². The Kier molecular flexibility index (Phi) is 4.21. The van der Waals surface area contributed by atoms with Crippen molar-refractivity contribution in [3.05, 3.63) is 59.7 Å². The lowest BCUT2D eigenvalue weighted by molar-refractivity contribution is 0.415. The van der Waals surface area contributed by atoms with Crippen LogP contribution in [0.5, 0.6) is 5.75 Å². The zero-order valence-corrected chi connectivity index (χ0v) is 11.0. The van der Waals surface area contributed by atoms with Crippen LogP contribution in [-0.4, -0.2) is 7.11 Å². The van der Waals surface area contributed by atoms with E-state index in [0.29, 0.717) is 5.56 Å². The van der Waals surface area contributed by atoms with Crippen molar-refractivity contribution in [1.82, 2.24) is 0 Å². The molecule has 0 fully saturated rings. The van der Waals surface area contributed by atoms with Crippen LogP contribution in [-0.2, 0) is 0 Å². The maximum Gasteiger partial charge on any atom is 0.140 e. The number of ether oxygens (including phenoxy) is 1. The molecule has 2 rings (SSSR count). The Hall–Kier alpha value is -2.98. The van der Waals surface area contributed by atoms with Crippen molar-refractivity contribution in [3.8, 4) is 17.9 Å². The molecule has 4 nitrogen and oxygen atoms in total. The van der Waals surface area contributed by atoms with Gasteiger partial charge in [-0.1, -0.05) is 18.2 Å². The van der Waals surface area contributed by atoms with Gasteiger partial charge >= 0.3 is 0 Å². The van der Waals surface area contributed by atoms with Crippen LogP contribution in [0, 0.1) is 22.7 Å². The van der Waals surface area contributed by atoms with Crippen LogP contribution in [0.15, 0.2) is 48.5 Å². The quantitative estimate of drug-likeness (QED) is 0.919. The first kappa shape index (κ1) is 13.5. The van der Waals surface area contributed by atoms with E-state index in [0.717, 1.165) is 17.0 Å². The molecule has 4 heteroatoms. The van der Waals surface area contributed by atoms with E-state index >= 15 is 0 Å². The van der Waals surface area contributed by atoms with Crippen molar-refractivity contribution in [2.24, 2.45) is 0 Å². The van der Waals surface area contributed by atoms with E-state index < -0.39 is 6.04 Å². The van der Waals surface area contributed by atoms with Crippen molar-refractivity contribution in [2.45, 2.75) is 6.04 Å². The maximum absolute atomic E-state index is 9.29. The van der Waals surface area contributed by atoms with E-state index in [4.69, 9.17) is 10.00 Å². The van der Waals surface area contributed by atoms with Crippen LogP contribution in [0.1, 0.15) is 17.2 Å². The van der Waals surface area contributed by atoms with Gasteiger partial charge in [0.25, 0.3) is 0 Å². The molecular weight excluding hydrogens is 250 g/mol. The van der Waals surface area contributed by atoms with E-state index in [2.05, 4.69) is 17.5 Å². The third kappa shape index (κ3) is 3.07. The molecule has 0 saturated heterocycles. The fourth-order valence-electron chi connectivity index (χ4n) is 1.82. The lowest BCUT2D eigenvalue weighted by Gasteiger charge is -2.14. The van der Waals surface area contributed by atoms with Crippen LogP contribution in [0.25, 0.3) is 0 Å². The largest absolute Gasteiger partial charge is 0.497 e. The Balaban J connectivity index is 2.20. The molecule has 0 aliphatic carbocycles. The summed E-state index contributed by atoms with van der Waals surface area (Å²) in [5.74, 6) is 0.728. The number of nitrogens with zero attached hydrogens (tertiary/aromatic N) is 2. The van der Waals surface area contributed by atoms with Gasteiger partial charge < -0.3 is 10.1 Å². The second-order valence-corrected chi connectivity index (χ2v) is 4.17.